The molecule has 3 rings (SSSR count). The first-order valence-electron chi connectivity index (χ1n) is 5.94. The molecule has 7 heteroatoms. The summed E-state index contributed by atoms with van der Waals surface area (Å²) < 4.78 is 6.05. The van der Waals surface area contributed by atoms with Crippen LogP contribution in [0.25, 0.3) is 21.6 Å². The summed E-state index contributed by atoms with van der Waals surface area (Å²) in [5, 5.41) is 10.4. The standard InChI is InChI=1S/C13H12N4O2S/c1-7(18)14-13-15-12-11(20-13)10(16-17-12)8-3-5-9(19-2)6-4-8/h3-6H,1-2H3,(H2,14,15,16,17,18). The van der Waals surface area contributed by atoms with Crippen molar-refractivity contribution in [3.63, 3.8) is 0 Å². The van der Waals surface area contributed by atoms with Gasteiger partial charge in [-0.25, -0.2) is 4.98 Å². The van der Waals surface area contributed by atoms with E-state index >= 15 is 0 Å². The van der Waals surface area contributed by atoms with Crippen LogP contribution in [-0.2, 0) is 4.79 Å². The largest absolute Gasteiger partial charge is 0.497 e. The highest BCUT2D eigenvalue weighted by Crippen LogP contribution is 2.33. The first-order chi connectivity index (χ1) is 9.67. The molecular weight excluding hydrogens is 276 g/mol. The van der Waals surface area contributed by atoms with Crippen LogP contribution in [0.5, 0.6) is 5.75 Å². The molecule has 6 nitrogen and oxygen atoms in total. The van der Waals surface area contributed by atoms with Crippen molar-refractivity contribution >= 4 is 32.7 Å². The minimum absolute atomic E-state index is 0.139. The van der Waals surface area contributed by atoms with E-state index < -0.39 is 0 Å². The number of aromatic nitrogens is 3. The van der Waals surface area contributed by atoms with Gasteiger partial charge in [-0.15, -0.1) is 0 Å². The summed E-state index contributed by atoms with van der Waals surface area (Å²) in [7, 11) is 1.63. The van der Waals surface area contributed by atoms with Crippen molar-refractivity contribution in [3.8, 4) is 17.0 Å². The minimum Gasteiger partial charge on any atom is -0.497 e. The maximum Gasteiger partial charge on any atom is 0.223 e. The molecule has 20 heavy (non-hydrogen) atoms. The zero-order valence-corrected chi connectivity index (χ0v) is 11.7. The molecule has 0 saturated carbocycles. The lowest BCUT2D eigenvalue weighted by molar-refractivity contribution is -0.114. The summed E-state index contributed by atoms with van der Waals surface area (Å²) in [6.07, 6.45) is 0. The lowest BCUT2D eigenvalue weighted by atomic mass is 10.1. The first-order valence-corrected chi connectivity index (χ1v) is 6.76. The number of carbonyl (C=O) groups is 1. The predicted octanol–water partition coefficient (Wildman–Crippen LogP) is 2.65. The van der Waals surface area contributed by atoms with Crippen LogP contribution in [0.2, 0.25) is 0 Å². The number of hydrogen-bond donors (Lipinski definition) is 2. The second kappa shape index (κ2) is 4.93. The number of amides is 1. The average molecular weight is 288 g/mol. The average Bonchev–Trinajstić information content (AvgIpc) is 2.98. The number of thiazole rings is 1. The molecule has 3 aromatic rings. The van der Waals surface area contributed by atoms with Gasteiger partial charge in [-0.3, -0.25) is 9.89 Å². The third kappa shape index (κ3) is 2.23. The molecule has 0 saturated heterocycles. The summed E-state index contributed by atoms with van der Waals surface area (Å²) in [5.74, 6) is 0.657. The van der Waals surface area contributed by atoms with Crippen LogP contribution in [0.4, 0.5) is 5.13 Å². The smallest absolute Gasteiger partial charge is 0.223 e. The third-order valence-electron chi connectivity index (χ3n) is 2.76. The van der Waals surface area contributed by atoms with Crippen LogP contribution >= 0.6 is 11.3 Å². The topological polar surface area (TPSA) is 79.9 Å². The number of rotatable bonds is 3. The van der Waals surface area contributed by atoms with Crippen LogP contribution < -0.4 is 10.1 Å². The number of ether oxygens (including phenoxy) is 1. The number of methoxy groups -OCH3 is 1. The van der Waals surface area contributed by atoms with Crippen molar-refractivity contribution in [2.24, 2.45) is 0 Å². The van der Waals surface area contributed by atoms with E-state index in [1.54, 1.807) is 7.11 Å². The third-order valence-corrected chi connectivity index (χ3v) is 3.74. The zero-order valence-electron chi connectivity index (χ0n) is 10.9. The van der Waals surface area contributed by atoms with Crippen molar-refractivity contribution in [3.05, 3.63) is 24.3 Å². The van der Waals surface area contributed by atoms with Gasteiger partial charge in [0.1, 0.15) is 16.1 Å². The molecule has 0 atom stereocenters. The Morgan fingerprint density at radius 2 is 2.10 bits per heavy atom. The predicted molar refractivity (Wildman–Crippen MR) is 78.1 cm³/mol. The number of H-pyrrole nitrogens is 1. The molecule has 1 aromatic carbocycles. The Labute approximate surface area is 118 Å². The van der Waals surface area contributed by atoms with Gasteiger partial charge in [0.2, 0.25) is 5.91 Å². The molecule has 0 aliphatic carbocycles. The fourth-order valence-corrected chi connectivity index (χ4v) is 2.84. The number of benzene rings is 1. The van der Waals surface area contributed by atoms with Crippen molar-refractivity contribution in [2.75, 3.05) is 12.4 Å². The van der Waals surface area contributed by atoms with Gasteiger partial charge in [-0.2, -0.15) is 5.10 Å². The Hall–Kier alpha value is -2.41. The lowest BCUT2D eigenvalue weighted by Crippen LogP contribution is -2.04. The molecule has 2 N–H and O–H groups in total. The molecule has 2 heterocycles. The van der Waals surface area contributed by atoms with E-state index in [0.717, 1.165) is 21.7 Å². The van der Waals surface area contributed by atoms with Gasteiger partial charge in [0.15, 0.2) is 10.8 Å². The van der Waals surface area contributed by atoms with Gasteiger partial charge in [0.05, 0.1) is 7.11 Å². The first kappa shape index (κ1) is 12.6. The molecule has 0 radical (unpaired) electrons. The van der Waals surface area contributed by atoms with E-state index in [1.165, 1.54) is 18.3 Å². The van der Waals surface area contributed by atoms with Gasteiger partial charge in [0.25, 0.3) is 0 Å². The van der Waals surface area contributed by atoms with E-state index in [4.69, 9.17) is 4.74 Å². The number of fused-ring (bicyclic) bond motifs is 1. The highest BCUT2D eigenvalue weighted by Gasteiger charge is 2.14. The molecule has 0 unspecified atom stereocenters. The van der Waals surface area contributed by atoms with Crippen molar-refractivity contribution in [1.82, 2.24) is 15.2 Å². The number of nitrogens with one attached hydrogen (secondary N) is 2. The Bertz CT molecular complexity index is 760. The van der Waals surface area contributed by atoms with E-state index in [1.807, 2.05) is 24.3 Å². The highest BCUT2D eigenvalue weighted by molar-refractivity contribution is 7.22. The number of carbonyl (C=O) groups excluding carboxylic acids is 1. The van der Waals surface area contributed by atoms with Crippen LogP contribution in [0, 0.1) is 0 Å². The molecule has 0 bridgehead atoms. The van der Waals surface area contributed by atoms with Gasteiger partial charge in [-0.1, -0.05) is 11.3 Å². The Morgan fingerprint density at radius 3 is 2.75 bits per heavy atom. The van der Waals surface area contributed by atoms with Crippen LogP contribution in [-0.4, -0.2) is 28.2 Å². The Morgan fingerprint density at radius 1 is 1.35 bits per heavy atom. The van der Waals surface area contributed by atoms with Crippen LogP contribution in [0.3, 0.4) is 0 Å². The highest BCUT2D eigenvalue weighted by atomic mass is 32.1. The minimum atomic E-state index is -0.139. The van der Waals surface area contributed by atoms with Crippen LogP contribution in [0.1, 0.15) is 6.92 Å². The Balaban J connectivity index is 2.01. The molecule has 0 spiro atoms. The van der Waals surface area contributed by atoms with E-state index in [9.17, 15) is 4.79 Å². The number of anilines is 1. The van der Waals surface area contributed by atoms with Crippen molar-refractivity contribution in [2.45, 2.75) is 6.92 Å². The molecule has 0 aliphatic heterocycles. The summed E-state index contributed by atoms with van der Waals surface area (Å²) in [6.45, 7) is 1.46. The van der Waals surface area contributed by atoms with Gasteiger partial charge in [-0.05, 0) is 24.3 Å². The normalized spacial score (nSPS) is 10.7. The number of aromatic amines is 1. The fourth-order valence-electron chi connectivity index (χ4n) is 1.86. The maximum atomic E-state index is 11.1. The zero-order chi connectivity index (χ0) is 14.1. The van der Waals surface area contributed by atoms with E-state index in [-0.39, 0.29) is 5.91 Å². The molecule has 1 amide bonds. The fraction of sp³-hybridized carbons (Fsp3) is 0.154. The second-order valence-corrected chi connectivity index (χ2v) is 5.18. The van der Waals surface area contributed by atoms with Crippen molar-refractivity contribution < 1.29 is 9.53 Å². The summed E-state index contributed by atoms with van der Waals surface area (Å²) in [5.41, 5.74) is 2.45. The van der Waals surface area contributed by atoms with Gasteiger partial charge < -0.3 is 10.1 Å². The summed E-state index contributed by atoms with van der Waals surface area (Å²) >= 11 is 1.40. The summed E-state index contributed by atoms with van der Waals surface area (Å²) in [4.78, 5) is 15.3. The molecule has 2 aromatic heterocycles. The van der Waals surface area contributed by atoms with Crippen LogP contribution in [0.15, 0.2) is 24.3 Å². The maximum absolute atomic E-state index is 11.1. The molecular formula is C13H12N4O2S. The van der Waals surface area contributed by atoms with Gasteiger partial charge in [0, 0.05) is 12.5 Å². The second-order valence-electron chi connectivity index (χ2n) is 4.18. The lowest BCUT2D eigenvalue weighted by Gasteiger charge is -2.00. The molecule has 0 fully saturated rings. The van der Waals surface area contributed by atoms with E-state index in [2.05, 4.69) is 20.5 Å². The van der Waals surface area contributed by atoms with E-state index in [0.29, 0.717) is 10.8 Å². The summed E-state index contributed by atoms with van der Waals surface area (Å²) in [6, 6.07) is 7.63. The van der Waals surface area contributed by atoms with Crippen molar-refractivity contribution in [1.29, 1.82) is 0 Å². The SMILES string of the molecule is COc1ccc(-c2n[nH]c3nc(NC(C)=O)sc23)cc1. The van der Waals surface area contributed by atoms with Gasteiger partial charge >= 0.3 is 0 Å². The molecule has 0 aliphatic rings. The quantitative estimate of drug-likeness (QED) is 0.776. The monoisotopic (exact) mass is 288 g/mol. The number of hydrogen-bond acceptors (Lipinski definition) is 5. The Kier molecular flexibility index (Phi) is 3.11. The molecule has 102 valence electrons. The number of nitrogens with zero attached hydrogens (tertiary/aromatic N) is 2.